The molecule has 0 unspecified atom stereocenters. The van der Waals surface area contributed by atoms with Crippen LogP contribution in [0, 0.1) is 0 Å². The molecule has 2 fully saturated rings. The van der Waals surface area contributed by atoms with E-state index in [9.17, 15) is 4.79 Å². The maximum Gasteiger partial charge on any atom is 0.255 e. The Bertz CT molecular complexity index is 713. The van der Waals surface area contributed by atoms with Gasteiger partial charge in [-0.15, -0.1) is 0 Å². The van der Waals surface area contributed by atoms with Crippen molar-refractivity contribution in [3.05, 3.63) is 48.5 Å². The topological polar surface area (TPSA) is 77.4 Å². The first-order valence-corrected chi connectivity index (χ1v) is 8.57. The highest BCUT2D eigenvalue weighted by Crippen LogP contribution is 2.32. The monoisotopic (exact) mass is 340 g/mol. The van der Waals surface area contributed by atoms with Crippen LogP contribution < -0.4 is 4.74 Å². The fraction of sp³-hybridized carbons (Fsp3) is 0.444. The summed E-state index contributed by atoms with van der Waals surface area (Å²) in [6, 6.07) is 5.57. The third kappa shape index (κ3) is 3.46. The van der Waals surface area contributed by atoms with Gasteiger partial charge in [-0.3, -0.25) is 9.78 Å². The molecule has 0 aliphatic carbocycles. The molecule has 0 saturated carbocycles. The Morgan fingerprint density at radius 3 is 2.96 bits per heavy atom. The van der Waals surface area contributed by atoms with Gasteiger partial charge in [0.05, 0.1) is 42.4 Å². The molecule has 2 aliphatic rings. The Balaban J connectivity index is 1.34. The summed E-state index contributed by atoms with van der Waals surface area (Å²) in [7, 11) is 0. The van der Waals surface area contributed by atoms with Crippen molar-refractivity contribution in [3.8, 4) is 5.75 Å². The van der Waals surface area contributed by atoms with Crippen LogP contribution in [-0.4, -0.2) is 57.4 Å². The molecule has 2 aromatic heterocycles. The molecule has 0 aromatic carbocycles. The van der Waals surface area contributed by atoms with Crippen molar-refractivity contribution in [1.82, 2.24) is 20.1 Å². The molecule has 4 heterocycles. The first-order chi connectivity index (χ1) is 12.3. The standard InChI is InChI=1S/C18H20N4O3/c23-18(13-5-8-20-21-10-13)22-9-6-17-16(22)4-3-15(25-17)12-24-14-2-1-7-19-11-14/h1-2,5,7-8,10-11,15-17H,3-4,6,9,12H2/t15-,16-,17-/m0/s1. The zero-order chi connectivity index (χ0) is 17.1. The summed E-state index contributed by atoms with van der Waals surface area (Å²) in [5, 5.41) is 7.52. The molecular weight excluding hydrogens is 320 g/mol. The fourth-order valence-electron chi connectivity index (χ4n) is 3.58. The van der Waals surface area contributed by atoms with Crippen LogP contribution >= 0.6 is 0 Å². The van der Waals surface area contributed by atoms with Crippen molar-refractivity contribution in [2.24, 2.45) is 0 Å². The molecule has 7 heteroatoms. The van der Waals surface area contributed by atoms with E-state index >= 15 is 0 Å². The van der Waals surface area contributed by atoms with Gasteiger partial charge in [0.15, 0.2) is 0 Å². The number of ether oxygens (including phenoxy) is 2. The van der Waals surface area contributed by atoms with Gasteiger partial charge in [-0.1, -0.05) is 0 Å². The smallest absolute Gasteiger partial charge is 0.255 e. The lowest BCUT2D eigenvalue weighted by Crippen LogP contribution is -2.46. The Kier molecular flexibility index (Phi) is 4.56. The van der Waals surface area contributed by atoms with Crippen LogP contribution in [0.1, 0.15) is 29.6 Å². The predicted molar refractivity (Wildman–Crippen MR) is 89.1 cm³/mol. The van der Waals surface area contributed by atoms with E-state index in [0.29, 0.717) is 18.7 Å². The second-order valence-corrected chi connectivity index (χ2v) is 6.36. The van der Waals surface area contributed by atoms with Gasteiger partial charge >= 0.3 is 0 Å². The maximum absolute atomic E-state index is 12.7. The van der Waals surface area contributed by atoms with Gasteiger partial charge < -0.3 is 14.4 Å². The molecule has 2 aromatic rings. The Hall–Kier alpha value is -2.54. The highest BCUT2D eigenvalue weighted by atomic mass is 16.5. The van der Waals surface area contributed by atoms with Gasteiger partial charge in [0.1, 0.15) is 12.4 Å². The lowest BCUT2D eigenvalue weighted by atomic mass is 9.99. The van der Waals surface area contributed by atoms with E-state index in [4.69, 9.17) is 9.47 Å². The lowest BCUT2D eigenvalue weighted by molar-refractivity contribution is -0.0802. The number of amides is 1. The lowest BCUT2D eigenvalue weighted by Gasteiger charge is -2.35. The number of carbonyl (C=O) groups is 1. The largest absolute Gasteiger partial charge is 0.489 e. The van der Waals surface area contributed by atoms with Crippen LogP contribution in [0.4, 0.5) is 0 Å². The average Bonchev–Trinajstić information content (AvgIpc) is 3.10. The van der Waals surface area contributed by atoms with E-state index < -0.39 is 0 Å². The number of hydrogen-bond acceptors (Lipinski definition) is 6. The molecule has 2 aliphatic heterocycles. The van der Waals surface area contributed by atoms with Crippen molar-refractivity contribution < 1.29 is 14.3 Å². The predicted octanol–water partition coefficient (Wildman–Crippen LogP) is 1.71. The Morgan fingerprint density at radius 2 is 2.16 bits per heavy atom. The van der Waals surface area contributed by atoms with Crippen LogP contribution in [0.5, 0.6) is 5.75 Å². The number of aromatic nitrogens is 3. The summed E-state index contributed by atoms with van der Waals surface area (Å²) in [6.07, 6.45) is 9.28. The number of pyridine rings is 1. The van der Waals surface area contributed by atoms with Crippen molar-refractivity contribution in [3.63, 3.8) is 0 Å². The van der Waals surface area contributed by atoms with Gasteiger partial charge in [-0.2, -0.15) is 10.2 Å². The van der Waals surface area contributed by atoms with E-state index in [2.05, 4.69) is 15.2 Å². The highest BCUT2D eigenvalue weighted by Gasteiger charge is 2.42. The van der Waals surface area contributed by atoms with Crippen LogP contribution in [0.3, 0.4) is 0 Å². The SMILES string of the molecule is O=C(c1ccnnc1)N1CC[C@@H]2O[C@H](COc3cccnc3)CC[C@@H]21. The van der Waals surface area contributed by atoms with Crippen molar-refractivity contribution >= 4 is 5.91 Å². The van der Waals surface area contributed by atoms with Crippen LogP contribution in [-0.2, 0) is 4.74 Å². The molecular formula is C18H20N4O3. The van der Waals surface area contributed by atoms with Crippen molar-refractivity contribution in [1.29, 1.82) is 0 Å². The molecule has 0 spiro atoms. The third-order valence-corrected chi connectivity index (χ3v) is 4.80. The summed E-state index contributed by atoms with van der Waals surface area (Å²) < 4.78 is 11.9. The number of hydrogen-bond donors (Lipinski definition) is 0. The minimum atomic E-state index is 0.0102. The highest BCUT2D eigenvalue weighted by molar-refractivity contribution is 5.94. The summed E-state index contributed by atoms with van der Waals surface area (Å²) in [5.74, 6) is 0.762. The molecule has 130 valence electrons. The van der Waals surface area contributed by atoms with Crippen LogP contribution in [0.2, 0.25) is 0 Å². The van der Waals surface area contributed by atoms with Crippen molar-refractivity contribution in [2.75, 3.05) is 13.2 Å². The second-order valence-electron chi connectivity index (χ2n) is 6.36. The van der Waals surface area contributed by atoms with Crippen LogP contribution in [0.25, 0.3) is 0 Å². The number of likely N-dealkylation sites (tertiary alicyclic amines) is 1. The van der Waals surface area contributed by atoms with E-state index in [1.54, 1.807) is 24.7 Å². The molecule has 2 saturated heterocycles. The van der Waals surface area contributed by atoms with Gasteiger partial charge in [0.2, 0.25) is 0 Å². The van der Waals surface area contributed by atoms with E-state index in [1.807, 2.05) is 17.0 Å². The summed E-state index contributed by atoms with van der Waals surface area (Å²) >= 11 is 0. The third-order valence-electron chi connectivity index (χ3n) is 4.80. The van der Waals surface area contributed by atoms with E-state index in [-0.39, 0.29) is 24.2 Å². The van der Waals surface area contributed by atoms with E-state index in [1.165, 1.54) is 6.20 Å². The number of carbonyl (C=O) groups excluding carboxylic acids is 1. The average molecular weight is 340 g/mol. The molecule has 7 nitrogen and oxygen atoms in total. The molecule has 0 bridgehead atoms. The van der Waals surface area contributed by atoms with Crippen LogP contribution in [0.15, 0.2) is 43.0 Å². The zero-order valence-electron chi connectivity index (χ0n) is 13.8. The van der Waals surface area contributed by atoms with Gasteiger partial charge in [-0.05, 0) is 37.5 Å². The molecule has 3 atom stereocenters. The minimum Gasteiger partial charge on any atom is -0.489 e. The Labute approximate surface area is 146 Å². The fourth-order valence-corrected chi connectivity index (χ4v) is 3.58. The summed E-state index contributed by atoms with van der Waals surface area (Å²) in [6.45, 7) is 1.23. The second kappa shape index (κ2) is 7.14. The number of rotatable bonds is 4. The normalized spacial score (nSPS) is 25.4. The molecule has 0 radical (unpaired) electrons. The maximum atomic E-state index is 12.7. The van der Waals surface area contributed by atoms with Crippen molar-refractivity contribution in [2.45, 2.75) is 37.5 Å². The first-order valence-electron chi connectivity index (χ1n) is 8.57. The molecule has 0 N–H and O–H groups in total. The number of nitrogens with zero attached hydrogens (tertiary/aromatic N) is 4. The van der Waals surface area contributed by atoms with Gasteiger partial charge in [0, 0.05) is 12.7 Å². The van der Waals surface area contributed by atoms with Gasteiger partial charge in [0.25, 0.3) is 5.91 Å². The summed E-state index contributed by atoms with van der Waals surface area (Å²) in [4.78, 5) is 18.6. The first kappa shape index (κ1) is 16.0. The zero-order valence-corrected chi connectivity index (χ0v) is 13.8. The minimum absolute atomic E-state index is 0.0102. The molecule has 25 heavy (non-hydrogen) atoms. The number of fused-ring (bicyclic) bond motifs is 1. The Morgan fingerprint density at radius 1 is 1.20 bits per heavy atom. The molecule has 4 rings (SSSR count). The quantitative estimate of drug-likeness (QED) is 0.843. The summed E-state index contributed by atoms with van der Waals surface area (Å²) in [5.41, 5.74) is 0.581. The van der Waals surface area contributed by atoms with E-state index in [0.717, 1.165) is 25.0 Å². The van der Waals surface area contributed by atoms with Gasteiger partial charge in [-0.25, -0.2) is 0 Å². The molecule has 1 amide bonds.